The molecule has 0 saturated carbocycles. The van der Waals surface area contributed by atoms with Crippen LogP contribution in [0.2, 0.25) is 0 Å². The molecule has 0 bridgehead atoms. The highest BCUT2D eigenvalue weighted by Crippen LogP contribution is 2.27. The third-order valence-corrected chi connectivity index (χ3v) is 6.12. The molecule has 0 radical (unpaired) electrons. The third-order valence-electron chi connectivity index (χ3n) is 6.12. The lowest BCUT2D eigenvalue weighted by Crippen LogP contribution is -2.37. The summed E-state index contributed by atoms with van der Waals surface area (Å²) in [4.78, 5) is 2.36. The highest BCUT2D eigenvalue weighted by molar-refractivity contribution is 5.78. The van der Waals surface area contributed by atoms with Crippen LogP contribution >= 0.6 is 0 Å². The minimum Gasteiger partial charge on any atom is -0.392 e. The van der Waals surface area contributed by atoms with Gasteiger partial charge in [-0.05, 0) is 72.2 Å². The van der Waals surface area contributed by atoms with Crippen LogP contribution in [0.4, 0.5) is 0 Å². The van der Waals surface area contributed by atoms with Gasteiger partial charge in [0.25, 0.3) is 0 Å². The molecule has 30 heavy (non-hydrogen) atoms. The minimum absolute atomic E-state index is 0.169. The standard InChI is InChI=1S/C28H31NO/c1-21-18-23(19-29-17-7-11-27(30)20-29)13-14-24(21)15-16-25-10-6-12-28(22(25)2)26-8-4-3-5-9-26/h3-6,8-10,12-16,18,27,30H,7,11,17,19-20H2,1-2H3/b16-15+. The second-order valence-electron chi connectivity index (χ2n) is 8.44. The maximum atomic E-state index is 9.90. The molecule has 4 rings (SSSR count). The molecule has 1 aliphatic heterocycles. The van der Waals surface area contributed by atoms with Gasteiger partial charge in [-0.2, -0.15) is 0 Å². The van der Waals surface area contributed by atoms with E-state index >= 15 is 0 Å². The Bertz CT molecular complexity index is 1020. The number of β-amino-alcohol motifs (C(OH)–C–C–N with tert-alkyl or cyclic N) is 1. The Labute approximate surface area is 180 Å². The lowest BCUT2D eigenvalue weighted by atomic mass is 9.95. The molecule has 1 atom stereocenters. The number of nitrogens with zero attached hydrogens (tertiary/aromatic N) is 1. The predicted octanol–water partition coefficient (Wildman–Crippen LogP) is 6.10. The summed E-state index contributed by atoms with van der Waals surface area (Å²) in [7, 11) is 0. The molecule has 1 fully saturated rings. The van der Waals surface area contributed by atoms with E-state index < -0.39 is 0 Å². The van der Waals surface area contributed by atoms with E-state index in [0.717, 1.165) is 32.5 Å². The van der Waals surface area contributed by atoms with Gasteiger partial charge in [-0.1, -0.05) is 78.9 Å². The van der Waals surface area contributed by atoms with E-state index in [2.05, 4.69) is 97.6 Å². The first-order valence-electron chi connectivity index (χ1n) is 10.9. The van der Waals surface area contributed by atoms with E-state index in [1.807, 2.05) is 0 Å². The summed E-state index contributed by atoms with van der Waals surface area (Å²) >= 11 is 0. The van der Waals surface area contributed by atoms with E-state index in [-0.39, 0.29) is 6.10 Å². The molecule has 154 valence electrons. The normalized spacial score (nSPS) is 17.5. The number of piperidine rings is 1. The van der Waals surface area contributed by atoms with Crippen molar-refractivity contribution in [2.75, 3.05) is 13.1 Å². The molecule has 1 N–H and O–H groups in total. The number of rotatable bonds is 5. The number of likely N-dealkylation sites (tertiary alicyclic amines) is 1. The quantitative estimate of drug-likeness (QED) is 0.526. The summed E-state index contributed by atoms with van der Waals surface area (Å²) in [6.45, 7) is 7.17. The first kappa shape index (κ1) is 20.6. The van der Waals surface area contributed by atoms with E-state index in [0.29, 0.717) is 0 Å². The SMILES string of the molecule is Cc1cc(CN2CCCC(O)C2)ccc1/C=C/c1cccc(-c2ccccc2)c1C. The van der Waals surface area contributed by atoms with Crippen molar-refractivity contribution < 1.29 is 5.11 Å². The summed E-state index contributed by atoms with van der Waals surface area (Å²) in [6.07, 6.45) is 6.30. The highest BCUT2D eigenvalue weighted by Gasteiger charge is 2.17. The first-order chi connectivity index (χ1) is 14.6. The average Bonchev–Trinajstić information content (AvgIpc) is 2.75. The fourth-order valence-electron chi connectivity index (χ4n) is 4.40. The van der Waals surface area contributed by atoms with E-state index in [1.165, 1.54) is 38.9 Å². The van der Waals surface area contributed by atoms with E-state index in [1.54, 1.807) is 0 Å². The van der Waals surface area contributed by atoms with Gasteiger partial charge in [0, 0.05) is 13.1 Å². The van der Waals surface area contributed by atoms with Gasteiger partial charge < -0.3 is 5.11 Å². The second-order valence-corrected chi connectivity index (χ2v) is 8.44. The monoisotopic (exact) mass is 397 g/mol. The Morgan fingerprint density at radius 1 is 0.933 bits per heavy atom. The molecule has 1 aliphatic rings. The van der Waals surface area contributed by atoms with Gasteiger partial charge in [0.2, 0.25) is 0 Å². The van der Waals surface area contributed by atoms with Gasteiger partial charge in [0.15, 0.2) is 0 Å². The van der Waals surface area contributed by atoms with Crippen LogP contribution in [0.25, 0.3) is 23.3 Å². The summed E-state index contributed by atoms with van der Waals surface area (Å²) in [5.41, 5.74) is 8.96. The van der Waals surface area contributed by atoms with Gasteiger partial charge in [-0.3, -0.25) is 4.90 Å². The van der Waals surface area contributed by atoms with Crippen molar-refractivity contribution in [3.05, 3.63) is 94.5 Å². The molecular weight excluding hydrogens is 366 g/mol. The Balaban J connectivity index is 1.50. The molecule has 0 aromatic heterocycles. The van der Waals surface area contributed by atoms with Crippen LogP contribution in [-0.2, 0) is 6.54 Å². The van der Waals surface area contributed by atoms with Crippen molar-refractivity contribution in [3.8, 4) is 11.1 Å². The molecular formula is C28H31NO. The average molecular weight is 398 g/mol. The van der Waals surface area contributed by atoms with Crippen LogP contribution in [0.15, 0.2) is 66.7 Å². The second kappa shape index (κ2) is 9.42. The van der Waals surface area contributed by atoms with E-state index in [9.17, 15) is 5.11 Å². The van der Waals surface area contributed by atoms with Crippen LogP contribution in [0.1, 0.15) is 40.7 Å². The maximum Gasteiger partial charge on any atom is 0.0667 e. The summed E-state index contributed by atoms with van der Waals surface area (Å²) in [5, 5.41) is 9.90. The third kappa shape index (κ3) is 4.89. The van der Waals surface area contributed by atoms with E-state index in [4.69, 9.17) is 0 Å². The Hall–Kier alpha value is -2.68. The smallest absolute Gasteiger partial charge is 0.0667 e. The van der Waals surface area contributed by atoms with Crippen LogP contribution < -0.4 is 0 Å². The number of aliphatic hydroxyl groups is 1. The molecule has 3 aromatic rings. The highest BCUT2D eigenvalue weighted by atomic mass is 16.3. The number of aliphatic hydroxyl groups excluding tert-OH is 1. The molecule has 0 amide bonds. The number of hydrogen-bond acceptors (Lipinski definition) is 2. The van der Waals surface area contributed by atoms with Gasteiger partial charge in [0.1, 0.15) is 0 Å². The molecule has 3 aromatic carbocycles. The Morgan fingerprint density at radius 2 is 1.73 bits per heavy atom. The lowest BCUT2D eigenvalue weighted by Gasteiger charge is -2.30. The summed E-state index contributed by atoms with van der Waals surface area (Å²) in [6, 6.07) is 23.8. The molecule has 1 heterocycles. The zero-order chi connectivity index (χ0) is 20.9. The van der Waals surface area contributed by atoms with Crippen LogP contribution in [0.3, 0.4) is 0 Å². The largest absolute Gasteiger partial charge is 0.392 e. The Kier molecular flexibility index (Phi) is 6.47. The Morgan fingerprint density at radius 3 is 2.50 bits per heavy atom. The molecule has 1 saturated heterocycles. The van der Waals surface area contributed by atoms with Crippen LogP contribution in [0, 0.1) is 13.8 Å². The predicted molar refractivity (Wildman–Crippen MR) is 127 cm³/mol. The van der Waals surface area contributed by atoms with Crippen molar-refractivity contribution in [2.24, 2.45) is 0 Å². The summed E-state index contributed by atoms with van der Waals surface area (Å²) in [5.74, 6) is 0. The van der Waals surface area contributed by atoms with Crippen molar-refractivity contribution in [3.63, 3.8) is 0 Å². The zero-order valence-electron chi connectivity index (χ0n) is 18.0. The molecule has 1 unspecified atom stereocenters. The number of aryl methyl sites for hydroxylation is 1. The maximum absolute atomic E-state index is 9.90. The van der Waals surface area contributed by atoms with Crippen molar-refractivity contribution in [1.29, 1.82) is 0 Å². The lowest BCUT2D eigenvalue weighted by molar-refractivity contribution is 0.0668. The topological polar surface area (TPSA) is 23.5 Å². The van der Waals surface area contributed by atoms with Crippen molar-refractivity contribution >= 4 is 12.2 Å². The van der Waals surface area contributed by atoms with Gasteiger partial charge >= 0.3 is 0 Å². The van der Waals surface area contributed by atoms with Crippen molar-refractivity contribution in [2.45, 2.75) is 39.3 Å². The molecule has 2 heteroatoms. The van der Waals surface area contributed by atoms with Crippen LogP contribution in [0.5, 0.6) is 0 Å². The number of benzene rings is 3. The summed E-state index contributed by atoms with van der Waals surface area (Å²) < 4.78 is 0. The zero-order valence-corrected chi connectivity index (χ0v) is 18.0. The van der Waals surface area contributed by atoms with Gasteiger partial charge in [0.05, 0.1) is 6.10 Å². The molecule has 2 nitrogen and oxygen atoms in total. The minimum atomic E-state index is -0.169. The van der Waals surface area contributed by atoms with Crippen LogP contribution in [-0.4, -0.2) is 29.2 Å². The first-order valence-corrected chi connectivity index (χ1v) is 10.9. The molecule has 0 spiro atoms. The van der Waals surface area contributed by atoms with Crippen molar-refractivity contribution in [1.82, 2.24) is 4.90 Å². The molecule has 0 aliphatic carbocycles. The van der Waals surface area contributed by atoms with Gasteiger partial charge in [-0.15, -0.1) is 0 Å². The van der Waals surface area contributed by atoms with Gasteiger partial charge in [-0.25, -0.2) is 0 Å². The fraction of sp³-hybridized carbons (Fsp3) is 0.286. The fourth-order valence-corrected chi connectivity index (χ4v) is 4.40. The number of hydrogen-bond donors (Lipinski definition) is 1.